The van der Waals surface area contributed by atoms with Gasteiger partial charge < -0.3 is 9.32 Å². The fourth-order valence-electron chi connectivity index (χ4n) is 8.19. The van der Waals surface area contributed by atoms with E-state index in [9.17, 15) is 0 Å². The summed E-state index contributed by atoms with van der Waals surface area (Å²) in [5.41, 5.74) is 9.84. The van der Waals surface area contributed by atoms with Gasteiger partial charge in [-0.05, 0) is 92.3 Å². The molecule has 2 aromatic heterocycles. The van der Waals surface area contributed by atoms with Gasteiger partial charge >= 0.3 is 0 Å². The van der Waals surface area contributed by atoms with Crippen molar-refractivity contribution < 1.29 is 4.42 Å². The summed E-state index contributed by atoms with van der Waals surface area (Å²) >= 11 is 1.87. The lowest BCUT2D eigenvalue weighted by Gasteiger charge is -2.28. The number of nitrogens with zero attached hydrogens (tertiary/aromatic N) is 1. The first kappa shape index (κ1) is 30.0. The van der Waals surface area contributed by atoms with Gasteiger partial charge in [0.25, 0.3) is 0 Å². The van der Waals surface area contributed by atoms with Gasteiger partial charge in [0.15, 0.2) is 0 Å². The molecule has 11 aromatic rings. The Morgan fingerprint density at radius 3 is 1.96 bits per heavy atom. The summed E-state index contributed by atoms with van der Waals surface area (Å²) in [7, 11) is 0. The molecule has 0 unspecified atom stereocenters. The Kier molecular flexibility index (Phi) is 6.76. The summed E-state index contributed by atoms with van der Waals surface area (Å²) in [6.45, 7) is 0. The van der Waals surface area contributed by atoms with E-state index in [1.807, 2.05) is 11.3 Å². The van der Waals surface area contributed by atoms with Crippen molar-refractivity contribution in [1.29, 1.82) is 0 Å². The fourth-order valence-corrected chi connectivity index (χ4v) is 9.45. The number of hydrogen-bond acceptors (Lipinski definition) is 3. The van der Waals surface area contributed by atoms with Gasteiger partial charge in [-0.3, -0.25) is 0 Å². The summed E-state index contributed by atoms with van der Waals surface area (Å²) < 4.78 is 9.25. The van der Waals surface area contributed by atoms with E-state index >= 15 is 0 Å². The highest BCUT2D eigenvalue weighted by atomic mass is 32.1. The molecule has 2 heterocycles. The SMILES string of the molecule is c1ccc(-c2ccc3c(c2)oc2cccc(N(c4ccc5c(ccc6ccccc65)c4)c4ccc(-c5ccccc5)c5sc6ccccc6c45)c23)cc1. The lowest BCUT2D eigenvalue weighted by molar-refractivity contribution is 0.669. The summed E-state index contributed by atoms with van der Waals surface area (Å²) in [6.07, 6.45) is 0. The molecule has 9 aromatic carbocycles. The van der Waals surface area contributed by atoms with Crippen molar-refractivity contribution in [2.75, 3.05) is 4.90 Å². The van der Waals surface area contributed by atoms with Crippen LogP contribution in [0.4, 0.5) is 17.1 Å². The number of rotatable bonds is 5. The quantitative estimate of drug-likeness (QED) is 0.167. The second-order valence-corrected chi connectivity index (χ2v) is 14.7. The minimum absolute atomic E-state index is 0.867. The van der Waals surface area contributed by atoms with Gasteiger partial charge in [0.2, 0.25) is 0 Å². The van der Waals surface area contributed by atoms with Crippen LogP contribution in [0.1, 0.15) is 0 Å². The highest BCUT2D eigenvalue weighted by molar-refractivity contribution is 7.26. The Morgan fingerprint density at radius 2 is 1.09 bits per heavy atom. The molecule has 248 valence electrons. The molecule has 0 spiro atoms. The number of hydrogen-bond donors (Lipinski definition) is 0. The molecule has 0 aliphatic rings. The zero-order valence-corrected chi connectivity index (χ0v) is 29.5. The van der Waals surface area contributed by atoms with Gasteiger partial charge in [-0.25, -0.2) is 0 Å². The Morgan fingerprint density at radius 1 is 0.396 bits per heavy atom. The van der Waals surface area contributed by atoms with Crippen LogP contribution in [0.15, 0.2) is 192 Å². The van der Waals surface area contributed by atoms with E-state index < -0.39 is 0 Å². The smallest absolute Gasteiger partial charge is 0.137 e. The first-order valence-corrected chi connectivity index (χ1v) is 18.8. The Hall–Kier alpha value is -6.68. The van der Waals surface area contributed by atoms with E-state index in [0.29, 0.717) is 0 Å². The maximum absolute atomic E-state index is 6.69. The molecule has 0 atom stereocenters. The van der Waals surface area contributed by atoms with Gasteiger partial charge in [0.05, 0.1) is 16.8 Å². The molecule has 53 heavy (non-hydrogen) atoms. The first-order valence-electron chi connectivity index (χ1n) is 18.0. The molecule has 0 saturated carbocycles. The van der Waals surface area contributed by atoms with Crippen LogP contribution in [-0.4, -0.2) is 0 Å². The lowest BCUT2D eigenvalue weighted by atomic mass is 9.98. The minimum atomic E-state index is 0.867. The summed E-state index contributed by atoms with van der Waals surface area (Å²) in [5, 5.41) is 9.67. The fraction of sp³-hybridized carbons (Fsp3) is 0. The molecule has 0 fully saturated rings. The predicted octanol–water partition coefficient (Wildman–Crippen LogP) is 15.1. The third-order valence-corrected chi connectivity index (χ3v) is 11.8. The maximum Gasteiger partial charge on any atom is 0.137 e. The molecule has 0 saturated heterocycles. The standard InChI is InChI=1S/C50H31NOS/c1-3-12-32(13-4-1)35-24-26-41-46(31-35)52-45-20-11-19-43(48(41)45)51(37-25-27-39-36(30-37)23-22-34-16-7-8-17-38(34)39)44-29-28-40(33-14-5-2-6-15-33)50-49(44)42-18-9-10-21-47(42)53-50/h1-31H. The Balaban J connectivity index is 1.22. The predicted molar refractivity (Wildman–Crippen MR) is 227 cm³/mol. The molecule has 3 heteroatoms. The van der Waals surface area contributed by atoms with Crippen LogP contribution in [0.5, 0.6) is 0 Å². The monoisotopic (exact) mass is 693 g/mol. The van der Waals surface area contributed by atoms with E-state index in [1.54, 1.807) is 0 Å². The summed E-state index contributed by atoms with van der Waals surface area (Å²) in [4.78, 5) is 2.47. The van der Waals surface area contributed by atoms with E-state index in [1.165, 1.54) is 58.4 Å². The second-order valence-electron chi connectivity index (χ2n) is 13.7. The van der Waals surface area contributed by atoms with Crippen LogP contribution in [0.25, 0.3) is 85.9 Å². The number of benzene rings is 9. The van der Waals surface area contributed by atoms with E-state index in [2.05, 4.69) is 193 Å². The average Bonchev–Trinajstić information content (AvgIpc) is 3.81. The van der Waals surface area contributed by atoms with Crippen molar-refractivity contribution in [1.82, 2.24) is 0 Å². The number of thiophene rings is 1. The van der Waals surface area contributed by atoms with Crippen molar-refractivity contribution in [2.24, 2.45) is 0 Å². The van der Waals surface area contributed by atoms with Gasteiger partial charge in [-0.15, -0.1) is 11.3 Å². The third kappa shape index (κ3) is 4.78. The van der Waals surface area contributed by atoms with Crippen molar-refractivity contribution in [3.8, 4) is 22.3 Å². The normalized spacial score (nSPS) is 11.8. The minimum Gasteiger partial charge on any atom is -0.456 e. The largest absolute Gasteiger partial charge is 0.456 e. The van der Waals surface area contributed by atoms with Crippen LogP contribution < -0.4 is 4.90 Å². The highest BCUT2D eigenvalue weighted by Crippen LogP contribution is 2.51. The van der Waals surface area contributed by atoms with Crippen LogP contribution in [0, 0.1) is 0 Å². The van der Waals surface area contributed by atoms with Crippen LogP contribution in [0.2, 0.25) is 0 Å². The van der Waals surface area contributed by atoms with Gasteiger partial charge in [-0.2, -0.15) is 0 Å². The van der Waals surface area contributed by atoms with Crippen molar-refractivity contribution in [3.63, 3.8) is 0 Å². The molecule has 0 bridgehead atoms. The number of furan rings is 1. The molecule has 0 aliphatic heterocycles. The zero-order chi connectivity index (χ0) is 34.9. The molecule has 11 rings (SSSR count). The molecule has 0 aliphatic carbocycles. The Bertz CT molecular complexity index is 3180. The van der Waals surface area contributed by atoms with Gasteiger partial charge in [0.1, 0.15) is 11.2 Å². The van der Waals surface area contributed by atoms with E-state index in [4.69, 9.17) is 4.42 Å². The average molecular weight is 694 g/mol. The molecular formula is C50H31NOS. The van der Waals surface area contributed by atoms with Crippen LogP contribution in [0.3, 0.4) is 0 Å². The van der Waals surface area contributed by atoms with E-state index in [-0.39, 0.29) is 0 Å². The van der Waals surface area contributed by atoms with Gasteiger partial charge in [-0.1, -0.05) is 140 Å². The van der Waals surface area contributed by atoms with E-state index in [0.717, 1.165) is 44.6 Å². The number of anilines is 3. The third-order valence-electron chi connectivity index (χ3n) is 10.6. The molecule has 0 radical (unpaired) electrons. The molecule has 2 nitrogen and oxygen atoms in total. The van der Waals surface area contributed by atoms with Crippen molar-refractivity contribution >= 4 is 92.1 Å². The maximum atomic E-state index is 6.69. The van der Waals surface area contributed by atoms with Crippen LogP contribution in [-0.2, 0) is 0 Å². The van der Waals surface area contributed by atoms with Gasteiger partial charge in [0, 0.05) is 31.2 Å². The molecule has 0 N–H and O–H groups in total. The van der Waals surface area contributed by atoms with Crippen molar-refractivity contribution in [3.05, 3.63) is 188 Å². The van der Waals surface area contributed by atoms with Crippen LogP contribution >= 0.6 is 11.3 Å². The highest BCUT2D eigenvalue weighted by Gasteiger charge is 2.24. The first-order chi connectivity index (χ1) is 26.3. The number of fused-ring (bicyclic) bond motifs is 9. The topological polar surface area (TPSA) is 16.4 Å². The Labute approximate surface area is 310 Å². The zero-order valence-electron chi connectivity index (χ0n) is 28.7. The molecule has 0 amide bonds. The summed E-state index contributed by atoms with van der Waals surface area (Å²) in [6, 6.07) is 67.9. The lowest BCUT2D eigenvalue weighted by Crippen LogP contribution is -2.11. The molecular weight excluding hydrogens is 663 g/mol. The second kappa shape index (κ2) is 11.9. The van der Waals surface area contributed by atoms with Crippen molar-refractivity contribution in [2.45, 2.75) is 0 Å². The summed E-state index contributed by atoms with van der Waals surface area (Å²) in [5.74, 6) is 0.